The van der Waals surface area contributed by atoms with Crippen molar-refractivity contribution in [1.29, 1.82) is 0 Å². The van der Waals surface area contributed by atoms with Crippen LogP contribution in [0.15, 0.2) is 48.5 Å². The van der Waals surface area contributed by atoms with E-state index in [4.69, 9.17) is 4.74 Å². The predicted octanol–water partition coefficient (Wildman–Crippen LogP) is 4.09. The zero-order chi connectivity index (χ0) is 19.2. The maximum absolute atomic E-state index is 12.7. The lowest BCUT2D eigenvalue weighted by atomic mass is 9.94. The quantitative estimate of drug-likeness (QED) is 0.837. The van der Waals surface area contributed by atoms with E-state index in [2.05, 4.69) is 41.4 Å². The number of methoxy groups -OCH3 is 1. The van der Waals surface area contributed by atoms with E-state index in [1.54, 1.807) is 7.11 Å². The second-order valence-electron chi connectivity index (χ2n) is 7.48. The van der Waals surface area contributed by atoms with Gasteiger partial charge in [0.15, 0.2) is 0 Å². The van der Waals surface area contributed by atoms with Crippen molar-refractivity contribution in [2.24, 2.45) is 5.92 Å². The highest BCUT2D eigenvalue weighted by Crippen LogP contribution is 2.22. The number of carbonyl (C=O) groups excluding carboxylic acids is 1. The Balaban J connectivity index is 1.48. The molecule has 2 aromatic carbocycles. The molecule has 0 aromatic heterocycles. The van der Waals surface area contributed by atoms with Gasteiger partial charge < -0.3 is 10.1 Å². The largest absolute Gasteiger partial charge is 0.497 e. The highest BCUT2D eigenvalue weighted by molar-refractivity contribution is 5.79. The third kappa shape index (κ3) is 5.10. The van der Waals surface area contributed by atoms with Gasteiger partial charge in [0, 0.05) is 12.5 Å². The minimum absolute atomic E-state index is 0.00778. The lowest BCUT2D eigenvalue weighted by Gasteiger charge is -2.32. The van der Waals surface area contributed by atoms with E-state index in [9.17, 15) is 4.79 Å². The molecule has 0 radical (unpaired) electrons. The molecule has 1 aliphatic rings. The molecule has 0 bridgehead atoms. The Bertz CT molecular complexity index is 749. The first-order valence-electron chi connectivity index (χ1n) is 9.78. The van der Waals surface area contributed by atoms with Crippen LogP contribution in [-0.4, -0.2) is 31.0 Å². The Labute approximate surface area is 162 Å². The summed E-state index contributed by atoms with van der Waals surface area (Å²) < 4.78 is 5.19. The van der Waals surface area contributed by atoms with Crippen molar-refractivity contribution >= 4 is 5.91 Å². The number of nitrogens with zero attached hydrogens (tertiary/aromatic N) is 1. The number of amides is 1. The number of hydrogen-bond acceptors (Lipinski definition) is 3. The molecule has 2 aromatic rings. The zero-order valence-corrected chi connectivity index (χ0v) is 16.6. The highest BCUT2D eigenvalue weighted by Gasteiger charge is 2.26. The van der Waals surface area contributed by atoms with Crippen LogP contribution in [-0.2, 0) is 11.3 Å². The van der Waals surface area contributed by atoms with Gasteiger partial charge in [-0.05, 0) is 68.6 Å². The summed E-state index contributed by atoms with van der Waals surface area (Å²) in [7, 11) is 1.66. The van der Waals surface area contributed by atoms with Crippen molar-refractivity contribution in [3.05, 3.63) is 65.2 Å². The molecule has 0 aliphatic carbocycles. The first-order chi connectivity index (χ1) is 13.1. The molecule has 1 aliphatic heterocycles. The summed E-state index contributed by atoms with van der Waals surface area (Å²) >= 11 is 0. The summed E-state index contributed by atoms with van der Waals surface area (Å²) in [5, 5.41) is 3.18. The van der Waals surface area contributed by atoms with E-state index in [-0.39, 0.29) is 17.9 Å². The summed E-state index contributed by atoms with van der Waals surface area (Å²) in [5.41, 5.74) is 3.82. The summed E-state index contributed by atoms with van der Waals surface area (Å²) in [6.45, 7) is 7.12. The molecule has 1 fully saturated rings. The molecule has 1 atom stereocenters. The van der Waals surface area contributed by atoms with Gasteiger partial charge in [-0.3, -0.25) is 9.69 Å². The number of carbonyl (C=O) groups is 1. The zero-order valence-electron chi connectivity index (χ0n) is 16.6. The number of aryl methyl sites for hydroxylation is 1. The molecule has 144 valence electrons. The molecule has 27 heavy (non-hydrogen) atoms. The van der Waals surface area contributed by atoms with Crippen molar-refractivity contribution in [2.75, 3.05) is 20.2 Å². The van der Waals surface area contributed by atoms with E-state index in [1.807, 2.05) is 31.2 Å². The monoisotopic (exact) mass is 366 g/mol. The summed E-state index contributed by atoms with van der Waals surface area (Å²) in [5.74, 6) is 1.12. The van der Waals surface area contributed by atoms with E-state index in [0.717, 1.165) is 43.8 Å². The van der Waals surface area contributed by atoms with Crippen LogP contribution in [0.25, 0.3) is 0 Å². The van der Waals surface area contributed by atoms with Gasteiger partial charge in [-0.2, -0.15) is 0 Å². The van der Waals surface area contributed by atoms with Crippen LogP contribution in [0.2, 0.25) is 0 Å². The third-order valence-corrected chi connectivity index (χ3v) is 5.59. The van der Waals surface area contributed by atoms with Crippen molar-refractivity contribution in [3.8, 4) is 5.75 Å². The van der Waals surface area contributed by atoms with Crippen LogP contribution < -0.4 is 10.1 Å². The number of ether oxygens (including phenoxy) is 1. The SMILES string of the molecule is COc1ccc([C@H](C)NC(=O)C2CCN(Cc3ccccc3C)CC2)cc1. The second kappa shape index (κ2) is 9.05. The maximum Gasteiger partial charge on any atom is 0.223 e. The fourth-order valence-corrected chi connectivity index (χ4v) is 3.69. The minimum Gasteiger partial charge on any atom is -0.497 e. The van der Waals surface area contributed by atoms with Crippen LogP contribution in [0.4, 0.5) is 0 Å². The second-order valence-corrected chi connectivity index (χ2v) is 7.48. The molecule has 3 rings (SSSR count). The number of nitrogens with one attached hydrogen (secondary N) is 1. The standard InChI is InChI=1S/C23H30N2O2/c1-17-6-4-5-7-21(17)16-25-14-12-20(13-15-25)23(26)24-18(2)19-8-10-22(27-3)11-9-19/h4-11,18,20H,12-16H2,1-3H3,(H,24,26)/t18-/m0/s1. The summed E-state index contributed by atoms with van der Waals surface area (Å²) in [6, 6.07) is 16.4. The molecule has 1 amide bonds. The Morgan fingerprint density at radius 1 is 1.15 bits per heavy atom. The lowest BCUT2D eigenvalue weighted by molar-refractivity contribution is -0.127. The number of benzene rings is 2. The van der Waals surface area contributed by atoms with Gasteiger partial charge in [0.25, 0.3) is 0 Å². The fraction of sp³-hybridized carbons (Fsp3) is 0.435. The lowest BCUT2D eigenvalue weighted by Crippen LogP contribution is -2.41. The number of likely N-dealkylation sites (tertiary alicyclic amines) is 1. The first kappa shape index (κ1) is 19.4. The molecular weight excluding hydrogens is 336 g/mol. The van der Waals surface area contributed by atoms with Gasteiger partial charge in [0.2, 0.25) is 5.91 Å². The van der Waals surface area contributed by atoms with Gasteiger partial charge in [-0.1, -0.05) is 36.4 Å². The molecule has 0 unspecified atom stereocenters. The third-order valence-electron chi connectivity index (χ3n) is 5.59. The smallest absolute Gasteiger partial charge is 0.223 e. The molecule has 1 saturated heterocycles. The molecular formula is C23H30N2O2. The Hall–Kier alpha value is -2.33. The van der Waals surface area contributed by atoms with Gasteiger partial charge >= 0.3 is 0 Å². The van der Waals surface area contributed by atoms with Crippen LogP contribution in [0, 0.1) is 12.8 Å². The van der Waals surface area contributed by atoms with E-state index >= 15 is 0 Å². The summed E-state index contributed by atoms with van der Waals surface area (Å²) in [4.78, 5) is 15.1. The molecule has 0 spiro atoms. The van der Waals surface area contributed by atoms with Crippen molar-refractivity contribution < 1.29 is 9.53 Å². The fourth-order valence-electron chi connectivity index (χ4n) is 3.69. The minimum atomic E-state index is 0.00778. The Morgan fingerprint density at radius 2 is 1.81 bits per heavy atom. The Morgan fingerprint density at radius 3 is 2.44 bits per heavy atom. The molecule has 4 heteroatoms. The van der Waals surface area contributed by atoms with Crippen LogP contribution >= 0.6 is 0 Å². The van der Waals surface area contributed by atoms with Crippen molar-refractivity contribution in [2.45, 2.75) is 39.3 Å². The van der Waals surface area contributed by atoms with Gasteiger partial charge in [-0.25, -0.2) is 0 Å². The molecule has 0 saturated carbocycles. The van der Waals surface area contributed by atoms with Gasteiger partial charge in [0.1, 0.15) is 5.75 Å². The maximum atomic E-state index is 12.7. The molecule has 1 N–H and O–H groups in total. The van der Waals surface area contributed by atoms with Crippen LogP contribution in [0.5, 0.6) is 5.75 Å². The topological polar surface area (TPSA) is 41.6 Å². The number of rotatable bonds is 6. The van der Waals surface area contributed by atoms with Gasteiger partial charge in [-0.15, -0.1) is 0 Å². The van der Waals surface area contributed by atoms with Crippen LogP contribution in [0.1, 0.15) is 42.5 Å². The van der Waals surface area contributed by atoms with Crippen molar-refractivity contribution in [1.82, 2.24) is 10.2 Å². The molecule has 4 nitrogen and oxygen atoms in total. The van der Waals surface area contributed by atoms with Crippen LogP contribution in [0.3, 0.4) is 0 Å². The predicted molar refractivity (Wildman–Crippen MR) is 109 cm³/mol. The highest BCUT2D eigenvalue weighted by atomic mass is 16.5. The van der Waals surface area contributed by atoms with Gasteiger partial charge in [0.05, 0.1) is 13.2 Å². The van der Waals surface area contributed by atoms with E-state index in [0.29, 0.717) is 0 Å². The van der Waals surface area contributed by atoms with Crippen molar-refractivity contribution in [3.63, 3.8) is 0 Å². The normalized spacial score (nSPS) is 16.7. The Kier molecular flexibility index (Phi) is 6.51. The van der Waals surface area contributed by atoms with E-state index < -0.39 is 0 Å². The average molecular weight is 367 g/mol. The number of piperidine rings is 1. The summed E-state index contributed by atoms with van der Waals surface area (Å²) in [6.07, 6.45) is 1.85. The molecule has 1 heterocycles. The van der Waals surface area contributed by atoms with E-state index in [1.165, 1.54) is 11.1 Å². The average Bonchev–Trinajstić information content (AvgIpc) is 2.70. The number of hydrogen-bond donors (Lipinski definition) is 1. The first-order valence-corrected chi connectivity index (χ1v) is 9.78.